The third kappa shape index (κ3) is 5.10. The van der Waals surface area contributed by atoms with E-state index in [-0.39, 0.29) is 0 Å². The maximum atomic E-state index is 10.2. The molecule has 4 aliphatic rings. The molecular formula is C29H46O3. The fraction of sp³-hybridized carbons (Fsp3) is 0.793. The third-order valence-electron chi connectivity index (χ3n) is 9.63. The summed E-state index contributed by atoms with van der Waals surface area (Å²) in [6.07, 6.45) is 18.3. The average molecular weight is 443 g/mol. The molecule has 3 nitrogen and oxygen atoms in total. The van der Waals surface area contributed by atoms with Crippen molar-refractivity contribution < 1.29 is 15.3 Å². The molecule has 0 amide bonds. The van der Waals surface area contributed by atoms with Gasteiger partial charge >= 0.3 is 0 Å². The molecule has 5 atom stereocenters. The largest absolute Gasteiger partial charge is 0.393 e. The number of aliphatic hydroxyl groups is 3. The van der Waals surface area contributed by atoms with Crippen molar-refractivity contribution in [2.45, 2.75) is 122 Å². The van der Waals surface area contributed by atoms with Gasteiger partial charge in [0.25, 0.3) is 0 Å². The number of rotatable bonds is 6. The van der Waals surface area contributed by atoms with Crippen LogP contribution in [0.1, 0.15) is 104 Å². The number of fused-ring (bicyclic) bond motifs is 1. The molecule has 1 unspecified atom stereocenters. The minimum absolute atomic E-state index is 0.409. The summed E-state index contributed by atoms with van der Waals surface area (Å²) in [5.41, 5.74) is 3.81. The smallest absolute Gasteiger partial charge is 0.0811 e. The van der Waals surface area contributed by atoms with Crippen molar-refractivity contribution in [2.75, 3.05) is 0 Å². The first-order valence-corrected chi connectivity index (χ1v) is 13.2. The zero-order valence-electron chi connectivity index (χ0n) is 20.7. The van der Waals surface area contributed by atoms with Crippen molar-refractivity contribution in [2.24, 2.45) is 22.7 Å². The predicted molar refractivity (Wildman–Crippen MR) is 131 cm³/mol. The predicted octanol–water partition coefficient (Wildman–Crippen LogP) is 6.24. The van der Waals surface area contributed by atoms with Gasteiger partial charge in [0.2, 0.25) is 0 Å². The van der Waals surface area contributed by atoms with Gasteiger partial charge in [0.1, 0.15) is 0 Å². The summed E-state index contributed by atoms with van der Waals surface area (Å²) >= 11 is 0. The van der Waals surface area contributed by atoms with E-state index in [4.69, 9.17) is 0 Å². The molecule has 0 saturated heterocycles. The van der Waals surface area contributed by atoms with E-state index in [9.17, 15) is 15.3 Å². The van der Waals surface area contributed by atoms with Gasteiger partial charge in [0.15, 0.2) is 0 Å². The van der Waals surface area contributed by atoms with Crippen molar-refractivity contribution in [3.05, 3.63) is 35.5 Å². The second-order valence-corrected chi connectivity index (χ2v) is 12.6. The summed E-state index contributed by atoms with van der Waals surface area (Å²) in [6.45, 7) is 10.6. The highest BCUT2D eigenvalue weighted by atomic mass is 16.3. The summed E-state index contributed by atoms with van der Waals surface area (Å²) in [4.78, 5) is 0. The van der Waals surface area contributed by atoms with E-state index < -0.39 is 17.8 Å². The van der Waals surface area contributed by atoms with Crippen LogP contribution in [0, 0.1) is 22.7 Å². The Kier molecular flexibility index (Phi) is 6.85. The van der Waals surface area contributed by atoms with E-state index in [0.29, 0.717) is 23.7 Å². The zero-order valence-corrected chi connectivity index (χ0v) is 20.7. The van der Waals surface area contributed by atoms with Gasteiger partial charge in [-0.15, -0.1) is 0 Å². The van der Waals surface area contributed by atoms with Crippen LogP contribution in [-0.2, 0) is 0 Å². The van der Waals surface area contributed by atoms with Gasteiger partial charge in [-0.05, 0) is 118 Å². The molecule has 0 aromatic carbocycles. The van der Waals surface area contributed by atoms with E-state index in [2.05, 4.69) is 25.7 Å². The van der Waals surface area contributed by atoms with Crippen LogP contribution >= 0.6 is 0 Å². The molecule has 0 aromatic heterocycles. The average Bonchev–Trinajstić information content (AvgIpc) is 3.43. The van der Waals surface area contributed by atoms with Gasteiger partial charge in [0.05, 0.1) is 17.8 Å². The summed E-state index contributed by atoms with van der Waals surface area (Å²) in [5, 5.41) is 30.3. The Bertz CT molecular complexity index is 766. The van der Waals surface area contributed by atoms with E-state index >= 15 is 0 Å². The van der Waals surface area contributed by atoms with Crippen LogP contribution in [-0.4, -0.2) is 33.1 Å². The van der Waals surface area contributed by atoms with Crippen LogP contribution in [0.25, 0.3) is 0 Å². The summed E-state index contributed by atoms with van der Waals surface area (Å²) in [7, 11) is 0. The molecule has 3 N–H and O–H groups in total. The molecule has 4 aliphatic carbocycles. The van der Waals surface area contributed by atoms with Gasteiger partial charge in [-0.25, -0.2) is 0 Å². The molecule has 180 valence electrons. The Balaban J connectivity index is 1.43. The molecule has 0 spiro atoms. The second kappa shape index (κ2) is 9.04. The molecule has 0 heterocycles. The fourth-order valence-corrected chi connectivity index (χ4v) is 7.58. The van der Waals surface area contributed by atoms with Gasteiger partial charge in [-0.3, -0.25) is 0 Å². The van der Waals surface area contributed by atoms with Crippen LogP contribution in [0.4, 0.5) is 0 Å². The second-order valence-electron chi connectivity index (χ2n) is 12.6. The maximum Gasteiger partial charge on any atom is 0.0811 e. The number of hydrogen-bond acceptors (Lipinski definition) is 3. The first-order chi connectivity index (χ1) is 15.0. The van der Waals surface area contributed by atoms with Crippen molar-refractivity contribution in [3.63, 3.8) is 0 Å². The number of aliphatic hydroxyl groups excluding tert-OH is 2. The SMILES string of the molecule is C=C1/C(=C\C=C2/CCC[C@@]3(C)C(CC[C@@H]3C3(CCCC(C)(C)O)CC3)C2)C[C@@H](O)C[C@@H]1O. The van der Waals surface area contributed by atoms with E-state index in [1.54, 1.807) is 5.57 Å². The van der Waals surface area contributed by atoms with Crippen LogP contribution in [0.15, 0.2) is 35.5 Å². The molecule has 4 rings (SSSR count). The molecule has 0 aromatic rings. The molecule has 0 aliphatic heterocycles. The first kappa shape index (κ1) is 24.2. The quantitative estimate of drug-likeness (QED) is 0.456. The Morgan fingerprint density at radius 3 is 2.53 bits per heavy atom. The van der Waals surface area contributed by atoms with Crippen molar-refractivity contribution in [1.29, 1.82) is 0 Å². The maximum absolute atomic E-state index is 10.2. The Hall–Kier alpha value is -0.900. The fourth-order valence-electron chi connectivity index (χ4n) is 7.58. The lowest BCUT2D eigenvalue weighted by molar-refractivity contribution is 0.0541. The summed E-state index contributed by atoms with van der Waals surface area (Å²) in [6, 6.07) is 0. The molecule has 4 fully saturated rings. The molecule has 0 bridgehead atoms. The Labute approximate surface area is 195 Å². The number of allylic oxidation sites excluding steroid dienone is 3. The normalized spacial score (nSPS) is 39.9. The monoisotopic (exact) mass is 442 g/mol. The Morgan fingerprint density at radius 2 is 1.84 bits per heavy atom. The lowest BCUT2D eigenvalue weighted by Gasteiger charge is -2.41. The van der Waals surface area contributed by atoms with E-state index in [0.717, 1.165) is 35.8 Å². The topological polar surface area (TPSA) is 60.7 Å². The van der Waals surface area contributed by atoms with Crippen molar-refractivity contribution in [3.8, 4) is 0 Å². The van der Waals surface area contributed by atoms with E-state index in [1.165, 1.54) is 57.8 Å². The molecule has 3 heteroatoms. The van der Waals surface area contributed by atoms with Crippen LogP contribution in [0.2, 0.25) is 0 Å². The van der Waals surface area contributed by atoms with Crippen LogP contribution in [0.5, 0.6) is 0 Å². The third-order valence-corrected chi connectivity index (χ3v) is 9.63. The number of hydrogen-bond donors (Lipinski definition) is 3. The molecule has 0 radical (unpaired) electrons. The molecule has 32 heavy (non-hydrogen) atoms. The minimum atomic E-state index is -0.609. The van der Waals surface area contributed by atoms with Gasteiger partial charge in [-0.1, -0.05) is 37.6 Å². The molecule has 4 saturated carbocycles. The van der Waals surface area contributed by atoms with Crippen molar-refractivity contribution in [1.82, 2.24) is 0 Å². The van der Waals surface area contributed by atoms with Gasteiger partial charge in [0, 0.05) is 6.42 Å². The zero-order chi connectivity index (χ0) is 23.1. The standard InChI is InChI=1S/C29H46O3/c1-20-22(18-24(30)19-25(20)31)9-8-21-7-5-13-28(4)23(17-21)10-11-26(28)29(15-16-29)14-6-12-27(2,3)32/h8-9,23-26,30-32H,1,5-7,10-19H2,2-4H3/b21-8+,22-9-/t23?,24-,25+,26+,28+/m1/s1. The summed E-state index contributed by atoms with van der Waals surface area (Å²) < 4.78 is 0. The molecular weight excluding hydrogens is 396 g/mol. The van der Waals surface area contributed by atoms with Crippen LogP contribution < -0.4 is 0 Å². The van der Waals surface area contributed by atoms with Crippen molar-refractivity contribution >= 4 is 0 Å². The lowest BCUT2D eigenvalue weighted by atomic mass is 9.64. The summed E-state index contributed by atoms with van der Waals surface area (Å²) in [5.74, 6) is 1.63. The highest BCUT2D eigenvalue weighted by molar-refractivity contribution is 5.38. The highest BCUT2D eigenvalue weighted by Gasteiger charge is 2.59. The van der Waals surface area contributed by atoms with E-state index in [1.807, 2.05) is 13.8 Å². The van der Waals surface area contributed by atoms with Crippen LogP contribution in [0.3, 0.4) is 0 Å². The Morgan fingerprint density at radius 1 is 1.09 bits per heavy atom. The van der Waals surface area contributed by atoms with Gasteiger partial charge < -0.3 is 15.3 Å². The minimum Gasteiger partial charge on any atom is -0.393 e. The first-order valence-electron chi connectivity index (χ1n) is 13.2. The lowest BCUT2D eigenvalue weighted by Crippen LogP contribution is -2.34. The van der Waals surface area contributed by atoms with Gasteiger partial charge in [-0.2, -0.15) is 0 Å². The highest BCUT2D eigenvalue weighted by Crippen LogP contribution is 2.69.